The Morgan fingerprint density at radius 3 is 2.25 bits per heavy atom. The zero-order valence-electron chi connectivity index (χ0n) is 10.6. The van der Waals surface area contributed by atoms with Gasteiger partial charge in [-0.25, -0.2) is 4.57 Å². The first-order chi connectivity index (χ1) is 7.52. The molecule has 98 valence electrons. The van der Waals surface area contributed by atoms with Crippen molar-refractivity contribution < 1.29 is 18.5 Å². The molecule has 0 aromatic rings. The Morgan fingerprint density at radius 2 is 1.75 bits per heavy atom. The molecule has 2 atom stereocenters. The monoisotopic (exact) mass is 252 g/mol. The highest BCUT2D eigenvalue weighted by Crippen LogP contribution is 2.43. The van der Waals surface area contributed by atoms with Crippen LogP contribution in [0.4, 0.5) is 0 Å². The summed E-state index contributed by atoms with van der Waals surface area (Å²) in [5, 5.41) is 0. The molecule has 4 nitrogen and oxygen atoms in total. The maximum absolute atomic E-state index is 11.3. The zero-order valence-corrected chi connectivity index (χ0v) is 11.5. The average molecular weight is 252 g/mol. The number of hydrogen-bond acceptors (Lipinski definition) is 3. The first-order valence-electron chi connectivity index (χ1n) is 6.13. The van der Waals surface area contributed by atoms with E-state index in [2.05, 4.69) is 13.8 Å². The second kappa shape index (κ2) is 9.17. The third-order valence-electron chi connectivity index (χ3n) is 2.54. The van der Waals surface area contributed by atoms with Crippen LogP contribution in [0.25, 0.3) is 0 Å². The van der Waals surface area contributed by atoms with E-state index in [1.807, 2.05) is 6.92 Å². The van der Waals surface area contributed by atoms with Crippen molar-refractivity contribution in [3.05, 3.63) is 0 Å². The second-order valence-electron chi connectivity index (χ2n) is 4.14. The molecule has 16 heavy (non-hydrogen) atoms. The maximum Gasteiger partial charge on any atom is 0.472 e. The van der Waals surface area contributed by atoms with Crippen LogP contribution in [0.3, 0.4) is 0 Å². The molecular weight excluding hydrogens is 227 g/mol. The summed E-state index contributed by atoms with van der Waals surface area (Å²) in [6, 6.07) is 0. The molecule has 0 spiro atoms. The Morgan fingerprint density at radius 1 is 1.19 bits per heavy atom. The normalized spacial score (nSPS) is 17.0. The SMILES string of the molecule is CCCCOP(=O)(O)OCCCC(C)CC. The molecule has 0 heterocycles. The highest BCUT2D eigenvalue weighted by atomic mass is 31.2. The predicted molar refractivity (Wildman–Crippen MR) is 65.3 cm³/mol. The van der Waals surface area contributed by atoms with E-state index in [4.69, 9.17) is 9.05 Å². The lowest BCUT2D eigenvalue weighted by molar-refractivity contribution is 0.144. The molecule has 2 unspecified atom stereocenters. The van der Waals surface area contributed by atoms with E-state index in [1.54, 1.807) is 0 Å². The van der Waals surface area contributed by atoms with Gasteiger partial charge in [-0.1, -0.05) is 33.6 Å². The van der Waals surface area contributed by atoms with Gasteiger partial charge in [0.2, 0.25) is 0 Å². The predicted octanol–water partition coefficient (Wildman–Crippen LogP) is 3.75. The third-order valence-corrected chi connectivity index (χ3v) is 3.56. The maximum atomic E-state index is 11.3. The Bertz CT molecular complexity index is 208. The van der Waals surface area contributed by atoms with Crippen LogP contribution in [0.15, 0.2) is 0 Å². The molecule has 0 bridgehead atoms. The summed E-state index contributed by atoms with van der Waals surface area (Å²) in [5.74, 6) is 0.641. The second-order valence-corrected chi connectivity index (χ2v) is 5.60. The van der Waals surface area contributed by atoms with Gasteiger partial charge >= 0.3 is 7.82 Å². The van der Waals surface area contributed by atoms with Gasteiger partial charge in [-0.2, -0.15) is 0 Å². The molecule has 0 saturated heterocycles. The summed E-state index contributed by atoms with van der Waals surface area (Å²) in [4.78, 5) is 9.27. The van der Waals surface area contributed by atoms with Gasteiger partial charge < -0.3 is 4.89 Å². The zero-order chi connectivity index (χ0) is 12.4. The lowest BCUT2D eigenvalue weighted by atomic mass is 10.0. The van der Waals surface area contributed by atoms with Crippen molar-refractivity contribution in [3.8, 4) is 0 Å². The fourth-order valence-corrected chi connectivity index (χ4v) is 1.97. The van der Waals surface area contributed by atoms with E-state index in [0.29, 0.717) is 12.5 Å². The van der Waals surface area contributed by atoms with E-state index >= 15 is 0 Å². The lowest BCUT2D eigenvalue weighted by Crippen LogP contribution is -2.00. The van der Waals surface area contributed by atoms with E-state index in [-0.39, 0.29) is 6.61 Å². The molecule has 0 saturated carbocycles. The summed E-state index contributed by atoms with van der Waals surface area (Å²) < 4.78 is 21.0. The molecule has 0 fully saturated rings. The molecular formula is C11H25O4P. The van der Waals surface area contributed by atoms with Crippen molar-refractivity contribution >= 4 is 7.82 Å². The fraction of sp³-hybridized carbons (Fsp3) is 1.00. The minimum atomic E-state index is -3.79. The summed E-state index contributed by atoms with van der Waals surface area (Å²) in [7, 11) is -3.79. The van der Waals surface area contributed by atoms with Crippen molar-refractivity contribution in [1.82, 2.24) is 0 Å². The molecule has 5 heteroatoms. The van der Waals surface area contributed by atoms with Crippen molar-refractivity contribution in [1.29, 1.82) is 0 Å². The van der Waals surface area contributed by atoms with Crippen LogP contribution in [0.1, 0.15) is 52.9 Å². The first-order valence-corrected chi connectivity index (χ1v) is 7.63. The molecule has 0 radical (unpaired) electrons. The highest BCUT2D eigenvalue weighted by molar-refractivity contribution is 7.47. The Balaban J connectivity index is 3.54. The summed E-state index contributed by atoms with van der Waals surface area (Å²) in [5.41, 5.74) is 0. The van der Waals surface area contributed by atoms with Crippen LogP contribution in [-0.2, 0) is 13.6 Å². The standard InChI is InChI=1S/C11H25O4P/c1-4-6-9-14-16(12,13)15-10-7-8-11(3)5-2/h11H,4-10H2,1-3H3,(H,12,13). The molecule has 0 aromatic carbocycles. The number of phosphoric acid groups is 1. The van der Waals surface area contributed by atoms with Crippen LogP contribution in [0.5, 0.6) is 0 Å². The summed E-state index contributed by atoms with van der Waals surface area (Å²) in [6.07, 6.45) is 4.67. The highest BCUT2D eigenvalue weighted by Gasteiger charge is 2.19. The van der Waals surface area contributed by atoms with Gasteiger partial charge in [0.05, 0.1) is 13.2 Å². The topological polar surface area (TPSA) is 55.8 Å². The fourth-order valence-electron chi connectivity index (χ4n) is 1.18. The summed E-state index contributed by atoms with van der Waals surface area (Å²) in [6.45, 7) is 6.88. The van der Waals surface area contributed by atoms with Gasteiger partial charge in [0, 0.05) is 0 Å². The number of unbranched alkanes of at least 4 members (excludes halogenated alkanes) is 1. The molecule has 0 rings (SSSR count). The molecule has 1 N–H and O–H groups in total. The third kappa shape index (κ3) is 9.34. The van der Waals surface area contributed by atoms with Crippen molar-refractivity contribution in [3.63, 3.8) is 0 Å². The Kier molecular flexibility index (Phi) is 9.24. The molecule has 0 aliphatic heterocycles. The molecule has 0 aliphatic carbocycles. The van der Waals surface area contributed by atoms with Crippen molar-refractivity contribution in [2.45, 2.75) is 52.9 Å². The van der Waals surface area contributed by atoms with E-state index in [0.717, 1.165) is 32.1 Å². The van der Waals surface area contributed by atoms with Crippen LogP contribution in [-0.4, -0.2) is 18.1 Å². The number of phosphoric ester groups is 1. The number of rotatable bonds is 10. The molecule has 0 aliphatic rings. The van der Waals surface area contributed by atoms with Gasteiger partial charge in [-0.3, -0.25) is 9.05 Å². The molecule has 0 aromatic heterocycles. The van der Waals surface area contributed by atoms with Crippen molar-refractivity contribution in [2.24, 2.45) is 5.92 Å². The Labute approximate surface area is 99.0 Å². The minimum Gasteiger partial charge on any atom is -0.302 e. The van der Waals surface area contributed by atoms with E-state index < -0.39 is 7.82 Å². The van der Waals surface area contributed by atoms with Gasteiger partial charge in [0.25, 0.3) is 0 Å². The van der Waals surface area contributed by atoms with Gasteiger partial charge in [0.15, 0.2) is 0 Å². The molecule has 0 amide bonds. The van der Waals surface area contributed by atoms with Gasteiger partial charge in [0.1, 0.15) is 0 Å². The average Bonchev–Trinajstić information content (AvgIpc) is 2.24. The minimum absolute atomic E-state index is 0.287. The van der Waals surface area contributed by atoms with Gasteiger partial charge in [-0.15, -0.1) is 0 Å². The van der Waals surface area contributed by atoms with E-state index in [9.17, 15) is 9.46 Å². The quantitative estimate of drug-likeness (QED) is 0.475. The Hall–Kier alpha value is 0.110. The lowest BCUT2D eigenvalue weighted by Gasteiger charge is -2.12. The van der Waals surface area contributed by atoms with E-state index in [1.165, 1.54) is 0 Å². The van der Waals surface area contributed by atoms with Crippen LogP contribution in [0, 0.1) is 5.92 Å². The van der Waals surface area contributed by atoms with Gasteiger partial charge in [-0.05, 0) is 25.2 Å². The van der Waals surface area contributed by atoms with Crippen LogP contribution < -0.4 is 0 Å². The first kappa shape index (κ1) is 16.1. The van der Waals surface area contributed by atoms with Crippen LogP contribution >= 0.6 is 7.82 Å². The van der Waals surface area contributed by atoms with Crippen LogP contribution in [0.2, 0.25) is 0 Å². The number of hydrogen-bond donors (Lipinski definition) is 1. The summed E-state index contributed by atoms with van der Waals surface area (Å²) >= 11 is 0. The smallest absolute Gasteiger partial charge is 0.302 e. The van der Waals surface area contributed by atoms with Crippen molar-refractivity contribution in [2.75, 3.05) is 13.2 Å². The largest absolute Gasteiger partial charge is 0.472 e.